The topological polar surface area (TPSA) is 49.6 Å². The molecule has 0 aliphatic heterocycles. The Kier molecular flexibility index (Phi) is 8.65. The molecular formula is C17H24IN3O. The Labute approximate surface area is 149 Å². The van der Waals surface area contributed by atoms with Crippen molar-refractivity contribution < 1.29 is 4.42 Å². The maximum atomic E-state index is 5.32. The molecule has 0 saturated heterocycles. The third-order valence-electron chi connectivity index (χ3n) is 3.21. The second kappa shape index (κ2) is 10.3. The average Bonchev–Trinajstić information content (AvgIpc) is 3.01. The summed E-state index contributed by atoms with van der Waals surface area (Å²) in [6.45, 7) is 5.74. The number of guanidine groups is 1. The van der Waals surface area contributed by atoms with E-state index in [2.05, 4.69) is 53.7 Å². The van der Waals surface area contributed by atoms with Crippen molar-refractivity contribution >= 4 is 29.9 Å². The van der Waals surface area contributed by atoms with Crippen molar-refractivity contribution in [3.63, 3.8) is 0 Å². The van der Waals surface area contributed by atoms with Crippen LogP contribution >= 0.6 is 24.0 Å². The summed E-state index contributed by atoms with van der Waals surface area (Å²) >= 11 is 0. The number of nitrogens with zero attached hydrogens (tertiary/aromatic N) is 1. The average molecular weight is 413 g/mol. The summed E-state index contributed by atoms with van der Waals surface area (Å²) in [5, 5.41) is 6.69. The van der Waals surface area contributed by atoms with Crippen molar-refractivity contribution in [3.05, 3.63) is 60.1 Å². The third kappa shape index (κ3) is 6.09. The molecule has 0 aliphatic carbocycles. The summed E-state index contributed by atoms with van der Waals surface area (Å²) in [6, 6.07) is 14.4. The molecule has 0 amide bonds. The van der Waals surface area contributed by atoms with Crippen molar-refractivity contribution in [2.24, 2.45) is 4.99 Å². The van der Waals surface area contributed by atoms with Gasteiger partial charge < -0.3 is 15.1 Å². The predicted octanol–water partition coefficient (Wildman–Crippen LogP) is 3.76. The second-order valence-electron chi connectivity index (χ2n) is 4.87. The van der Waals surface area contributed by atoms with Gasteiger partial charge in [-0.1, -0.05) is 30.3 Å². The highest BCUT2D eigenvalue weighted by Gasteiger charge is 2.06. The first-order chi connectivity index (χ1) is 10.3. The number of aliphatic imine (C=N–C) groups is 1. The van der Waals surface area contributed by atoms with E-state index in [1.165, 1.54) is 5.56 Å². The van der Waals surface area contributed by atoms with Crippen LogP contribution in [-0.2, 0) is 6.42 Å². The molecule has 1 aromatic heterocycles. The van der Waals surface area contributed by atoms with Crippen LogP contribution in [0.5, 0.6) is 0 Å². The van der Waals surface area contributed by atoms with Gasteiger partial charge in [0.15, 0.2) is 5.96 Å². The molecule has 0 radical (unpaired) electrons. The van der Waals surface area contributed by atoms with Crippen LogP contribution in [0.4, 0.5) is 0 Å². The van der Waals surface area contributed by atoms with E-state index in [0.717, 1.165) is 24.7 Å². The minimum Gasteiger partial charge on any atom is -0.469 e. The number of hydrogen-bond acceptors (Lipinski definition) is 2. The first kappa shape index (κ1) is 18.5. The fourth-order valence-electron chi connectivity index (χ4n) is 2.08. The van der Waals surface area contributed by atoms with Crippen LogP contribution in [0.1, 0.15) is 31.2 Å². The maximum absolute atomic E-state index is 5.32. The minimum absolute atomic E-state index is 0. The highest BCUT2D eigenvalue weighted by molar-refractivity contribution is 14.0. The van der Waals surface area contributed by atoms with Crippen LogP contribution in [0.25, 0.3) is 0 Å². The highest BCUT2D eigenvalue weighted by atomic mass is 127. The van der Waals surface area contributed by atoms with Gasteiger partial charge in [0.25, 0.3) is 0 Å². The summed E-state index contributed by atoms with van der Waals surface area (Å²) in [6.07, 6.45) is 2.50. The van der Waals surface area contributed by atoms with Crippen LogP contribution < -0.4 is 10.6 Å². The van der Waals surface area contributed by atoms with Gasteiger partial charge in [0.1, 0.15) is 5.76 Å². The zero-order valence-electron chi connectivity index (χ0n) is 13.1. The quantitative estimate of drug-likeness (QED) is 0.431. The van der Waals surface area contributed by atoms with Gasteiger partial charge in [0, 0.05) is 19.5 Å². The zero-order chi connectivity index (χ0) is 14.9. The Morgan fingerprint density at radius 1 is 1.18 bits per heavy atom. The summed E-state index contributed by atoms with van der Waals surface area (Å²) < 4.78 is 5.32. The van der Waals surface area contributed by atoms with Crippen molar-refractivity contribution in [3.8, 4) is 0 Å². The van der Waals surface area contributed by atoms with Crippen molar-refractivity contribution in [2.45, 2.75) is 26.3 Å². The van der Waals surface area contributed by atoms with Crippen molar-refractivity contribution in [2.75, 3.05) is 13.1 Å². The predicted molar refractivity (Wildman–Crippen MR) is 102 cm³/mol. The number of halogens is 1. The first-order valence-electron chi connectivity index (χ1n) is 7.41. The molecule has 4 nitrogen and oxygen atoms in total. The second-order valence-corrected chi connectivity index (χ2v) is 4.87. The zero-order valence-corrected chi connectivity index (χ0v) is 15.4. The molecule has 1 unspecified atom stereocenters. The smallest absolute Gasteiger partial charge is 0.191 e. The molecule has 0 bridgehead atoms. The van der Waals surface area contributed by atoms with Gasteiger partial charge >= 0.3 is 0 Å². The summed E-state index contributed by atoms with van der Waals surface area (Å²) in [4.78, 5) is 4.59. The molecule has 120 valence electrons. The molecule has 1 atom stereocenters. The highest BCUT2D eigenvalue weighted by Crippen LogP contribution is 2.10. The van der Waals surface area contributed by atoms with Crippen molar-refractivity contribution in [1.29, 1.82) is 0 Å². The normalized spacial score (nSPS) is 12.4. The maximum Gasteiger partial charge on any atom is 0.191 e. The Bertz CT molecular complexity index is 540. The van der Waals surface area contributed by atoms with E-state index < -0.39 is 0 Å². The molecular weight excluding hydrogens is 389 g/mol. The van der Waals surface area contributed by atoms with E-state index >= 15 is 0 Å². The number of nitrogens with one attached hydrogen (secondary N) is 2. The summed E-state index contributed by atoms with van der Waals surface area (Å²) in [5.41, 5.74) is 1.24. The Morgan fingerprint density at radius 2 is 1.95 bits per heavy atom. The fraction of sp³-hybridized carbons (Fsp3) is 0.353. The van der Waals surface area contributed by atoms with Crippen LogP contribution in [0, 0.1) is 0 Å². The summed E-state index contributed by atoms with van der Waals surface area (Å²) in [5.74, 6) is 1.80. The van der Waals surface area contributed by atoms with Crippen LogP contribution in [0.3, 0.4) is 0 Å². The van der Waals surface area contributed by atoms with Crippen LogP contribution in [0.2, 0.25) is 0 Å². The van der Waals surface area contributed by atoms with E-state index in [4.69, 9.17) is 4.42 Å². The van der Waals surface area contributed by atoms with Crippen LogP contribution in [-0.4, -0.2) is 19.0 Å². The van der Waals surface area contributed by atoms with Gasteiger partial charge in [-0.2, -0.15) is 0 Å². The SMILES string of the molecule is CCNC(=NCCc1ccco1)NC(C)c1ccccc1.I. The molecule has 1 aromatic carbocycles. The molecule has 2 rings (SSSR count). The van der Waals surface area contributed by atoms with Gasteiger partial charge in [0.05, 0.1) is 12.3 Å². The molecule has 0 fully saturated rings. The first-order valence-corrected chi connectivity index (χ1v) is 7.41. The van der Waals surface area contributed by atoms with E-state index in [1.807, 2.05) is 18.2 Å². The fourth-order valence-corrected chi connectivity index (χ4v) is 2.08. The molecule has 22 heavy (non-hydrogen) atoms. The summed E-state index contributed by atoms with van der Waals surface area (Å²) in [7, 11) is 0. The lowest BCUT2D eigenvalue weighted by Gasteiger charge is -2.18. The number of rotatable bonds is 6. The lowest BCUT2D eigenvalue weighted by molar-refractivity contribution is 0.510. The largest absolute Gasteiger partial charge is 0.469 e. The van der Waals surface area contributed by atoms with Gasteiger partial charge in [-0.15, -0.1) is 24.0 Å². The van der Waals surface area contributed by atoms with Gasteiger partial charge in [-0.05, 0) is 31.5 Å². The molecule has 1 heterocycles. The number of furan rings is 1. The minimum atomic E-state index is 0. The van der Waals surface area contributed by atoms with E-state index in [1.54, 1.807) is 6.26 Å². The standard InChI is InChI=1S/C17H23N3O.HI/c1-3-18-17(19-12-11-16-10-7-13-21-16)20-14(2)15-8-5-4-6-9-15;/h4-10,13-14H,3,11-12H2,1-2H3,(H2,18,19,20);1H. The lowest BCUT2D eigenvalue weighted by Crippen LogP contribution is -2.38. The third-order valence-corrected chi connectivity index (χ3v) is 3.21. The Hall–Kier alpha value is -1.50. The molecule has 0 spiro atoms. The molecule has 5 heteroatoms. The molecule has 0 saturated carbocycles. The van der Waals surface area contributed by atoms with E-state index in [-0.39, 0.29) is 30.0 Å². The Morgan fingerprint density at radius 3 is 2.59 bits per heavy atom. The molecule has 0 aliphatic rings. The van der Waals surface area contributed by atoms with Gasteiger partial charge in [-0.25, -0.2) is 0 Å². The van der Waals surface area contributed by atoms with E-state index in [9.17, 15) is 0 Å². The van der Waals surface area contributed by atoms with Gasteiger partial charge in [0.2, 0.25) is 0 Å². The van der Waals surface area contributed by atoms with Gasteiger partial charge in [-0.3, -0.25) is 4.99 Å². The Balaban J connectivity index is 0.00000242. The number of benzene rings is 1. The van der Waals surface area contributed by atoms with Crippen LogP contribution in [0.15, 0.2) is 58.1 Å². The number of hydrogen-bond donors (Lipinski definition) is 2. The molecule has 2 N–H and O–H groups in total. The monoisotopic (exact) mass is 413 g/mol. The lowest BCUT2D eigenvalue weighted by atomic mass is 10.1. The molecule has 2 aromatic rings. The van der Waals surface area contributed by atoms with E-state index in [0.29, 0.717) is 6.54 Å². The van der Waals surface area contributed by atoms with Crippen molar-refractivity contribution in [1.82, 2.24) is 10.6 Å².